The first kappa shape index (κ1) is 14.0. The Labute approximate surface area is 114 Å². The number of carbonyl (C=O) groups excluding carboxylic acids is 1. The van der Waals surface area contributed by atoms with E-state index in [-0.39, 0.29) is 24.0 Å². The Kier molecular flexibility index (Phi) is 4.22. The Hall–Kier alpha value is -1.39. The van der Waals surface area contributed by atoms with Crippen LogP contribution < -0.4 is 11.5 Å². The Balaban J connectivity index is 2.32. The topological polar surface area (TPSA) is 72.3 Å². The van der Waals surface area contributed by atoms with Crippen LogP contribution in [0.5, 0.6) is 0 Å². The Morgan fingerprint density at radius 2 is 2.21 bits per heavy atom. The molecule has 104 valence electrons. The van der Waals surface area contributed by atoms with E-state index in [1.54, 1.807) is 0 Å². The average Bonchev–Trinajstić information content (AvgIpc) is 2.78. The van der Waals surface area contributed by atoms with Crippen LogP contribution >= 0.6 is 0 Å². The fraction of sp³-hybridized carbons (Fsp3) is 0.533. The van der Waals surface area contributed by atoms with Crippen molar-refractivity contribution in [1.82, 2.24) is 4.90 Å². The Bertz CT molecular complexity index is 458. The van der Waals surface area contributed by atoms with Crippen LogP contribution in [-0.2, 0) is 4.79 Å². The number of amides is 1. The maximum atomic E-state index is 11.6. The lowest BCUT2D eigenvalue weighted by Crippen LogP contribution is -2.47. The highest BCUT2D eigenvalue weighted by Crippen LogP contribution is 2.31. The summed E-state index contributed by atoms with van der Waals surface area (Å²) in [5, 5.41) is 0. The van der Waals surface area contributed by atoms with E-state index in [4.69, 9.17) is 11.5 Å². The molecular formula is C15H23N3O. The van der Waals surface area contributed by atoms with E-state index < -0.39 is 0 Å². The van der Waals surface area contributed by atoms with E-state index in [1.807, 2.05) is 13.0 Å². The second-order valence-electron chi connectivity index (χ2n) is 5.52. The molecule has 3 unspecified atom stereocenters. The molecule has 0 radical (unpaired) electrons. The molecule has 1 aromatic rings. The van der Waals surface area contributed by atoms with Crippen molar-refractivity contribution in [2.75, 3.05) is 6.54 Å². The summed E-state index contributed by atoms with van der Waals surface area (Å²) in [6.45, 7) is 4.94. The summed E-state index contributed by atoms with van der Waals surface area (Å²) < 4.78 is 0. The second kappa shape index (κ2) is 5.72. The van der Waals surface area contributed by atoms with Gasteiger partial charge in [-0.1, -0.05) is 29.8 Å². The fourth-order valence-corrected chi connectivity index (χ4v) is 3.08. The molecule has 0 bridgehead atoms. The van der Waals surface area contributed by atoms with E-state index in [0.717, 1.165) is 19.4 Å². The van der Waals surface area contributed by atoms with E-state index in [0.29, 0.717) is 0 Å². The smallest absolute Gasteiger partial charge is 0.234 e. The van der Waals surface area contributed by atoms with Crippen molar-refractivity contribution in [3.8, 4) is 0 Å². The summed E-state index contributed by atoms with van der Waals surface area (Å²) in [5.41, 5.74) is 14.1. The SMILES string of the molecule is Cc1cccc(C(C(C)N)N2CCCC2C(N)=O)c1. The number of hydrogen-bond donors (Lipinski definition) is 2. The predicted octanol–water partition coefficient (Wildman–Crippen LogP) is 1.33. The van der Waals surface area contributed by atoms with Crippen LogP contribution in [0.3, 0.4) is 0 Å². The zero-order valence-corrected chi connectivity index (χ0v) is 11.7. The van der Waals surface area contributed by atoms with Gasteiger partial charge in [0.2, 0.25) is 5.91 Å². The number of carbonyl (C=O) groups is 1. The Morgan fingerprint density at radius 1 is 1.47 bits per heavy atom. The van der Waals surface area contributed by atoms with Crippen LogP contribution in [0, 0.1) is 6.92 Å². The molecule has 0 aliphatic carbocycles. The number of hydrogen-bond acceptors (Lipinski definition) is 3. The largest absolute Gasteiger partial charge is 0.368 e. The number of rotatable bonds is 4. The highest BCUT2D eigenvalue weighted by atomic mass is 16.1. The lowest BCUT2D eigenvalue weighted by molar-refractivity contribution is -0.123. The lowest BCUT2D eigenvalue weighted by Gasteiger charge is -2.34. The van der Waals surface area contributed by atoms with Crippen molar-refractivity contribution in [2.24, 2.45) is 11.5 Å². The normalized spacial score (nSPS) is 23.2. The predicted molar refractivity (Wildman–Crippen MR) is 76.5 cm³/mol. The van der Waals surface area contributed by atoms with Gasteiger partial charge in [0.25, 0.3) is 0 Å². The van der Waals surface area contributed by atoms with Crippen molar-refractivity contribution >= 4 is 5.91 Å². The molecule has 2 rings (SSSR count). The van der Waals surface area contributed by atoms with Gasteiger partial charge in [-0.25, -0.2) is 0 Å². The molecule has 1 fully saturated rings. The number of nitrogens with two attached hydrogens (primary N) is 2. The van der Waals surface area contributed by atoms with E-state index >= 15 is 0 Å². The lowest BCUT2D eigenvalue weighted by atomic mass is 9.97. The monoisotopic (exact) mass is 261 g/mol. The second-order valence-corrected chi connectivity index (χ2v) is 5.52. The zero-order chi connectivity index (χ0) is 14.0. The minimum atomic E-state index is -0.240. The molecule has 0 aromatic heterocycles. The highest BCUT2D eigenvalue weighted by molar-refractivity contribution is 5.80. The van der Waals surface area contributed by atoms with Crippen LogP contribution in [0.4, 0.5) is 0 Å². The number of nitrogens with zero attached hydrogens (tertiary/aromatic N) is 1. The Morgan fingerprint density at radius 3 is 2.79 bits per heavy atom. The van der Waals surface area contributed by atoms with Crippen LogP contribution in [0.2, 0.25) is 0 Å². The number of primary amides is 1. The van der Waals surface area contributed by atoms with Crippen molar-refractivity contribution in [3.63, 3.8) is 0 Å². The van der Waals surface area contributed by atoms with Crippen molar-refractivity contribution in [1.29, 1.82) is 0 Å². The summed E-state index contributed by atoms with van der Waals surface area (Å²) >= 11 is 0. The molecule has 0 saturated carbocycles. The van der Waals surface area contributed by atoms with Gasteiger partial charge in [0, 0.05) is 6.04 Å². The van der Waals surface area contributed by atoms with Gasteiger partial charge in [-0.3, -0.25) is 9.69 Å². The molecule has 1 heterocycles. The van der Waals surface area contributed by atoms with E-state index in [9.17, 15) is 4.79 Å². The van der Waals surface area contributed by atoms with Crippen molar-refractivity contribution in [2.45, 2.75) is 44.8 Å². The summed E-state index contributed by atoms with van der Waals surface area (Å²) in [4.78, 5) is 13.7. The first-order chi connectivity index (χ1) is 9.00. The van der Waals surface area contributed by atoms with Gasteiger partial charge in [-0.2, -0.15) is 0 Å². The maximum Gasteiger partial charge on any atom is 0.234 e. The van der Waals surface area contributed by atoms with Crippen LogP contribution in [0.15, 0.2) is 24.3 Å². The average molecular weight is 261 g/mol. The molecule has 1 aliphatic heterocycles. The van der Waals surface area contributed by atoms with Crippen molar-refractivity contribution in [3.05, 3.63) is 35.4 Å². The molecule has 1 amide bonds. The molecule has 1 aliphatic rings. The van der Waals surface area contributed by atoms with Gasteiger partial charge in [0.15, 0.2) is 0 Å². The third-order valence-corrected chi connectivity index (χ3v) is 3.86. The van der Waals surface area contributed by atoms with Crippen LogP contribution in [0.25, 0.3) is 0 Å². The summed E-state index contributed by atoms with van der Waals surface area (Å²) in [5.74, 6) is -0.240. The van der Waals surface area contributed by atoms with Crippen molar-refractivity contribution < 1.29 is 4.79 Å². The molecular weight excluding hydrogens is 238 g/mol. The summed E-state index contributed by atoms with van der Waals surface area (Å²) in [7, 11) is 0. The molecule has 3 atom stereocenters. The molecule has 4 heteroatoms. The molecule has 1 saturated heterocycles. The third kappa shape index (κ3) is 2.96. The minimum Gasteiger partial charge on any atom is -0.368 e. The highest BCUT2D eigenvalue weighted by Gasteiger charge is 2.36. The minimum absolute atomic E-state index is 0.0400. The molecule has 4 nitrogen and oxygen atoms in total. The quantitative estimate of drug-likeness (QED) is 0.859. The molecule has 4 N–H and O–H groups in total. The number of aryl methyl sites for hydroxylation is 1. The number of likely N-dealkylation sites (tertiary alicyclic amines) is 1. The first-order valence-electron chi connectivity index (χ1n) is 6.88. The zero-order valence-electron chi connectivity index (χ0n) is 11.7. The van der Waals surface area contributed by atoms with Crippen LogP contribution in [0.1, 0.15) is 36.9 Å². The van der Waals surface area contributed by atoms with E-state index in [1.165, 1.54) is 11.1 Å². The summed E-state index contributed by atoms with van der Waals surface area (Å²) in [6.07, 6.45) is 1.84. The summed E-state index contributed by atoms with van der Waals surface area (Å²) in [6, 6.07) is 8.16. The maximum absolute atomic E-state index is 11.6. The van der Waals surface area contributed by atoms with Gasteiger partial charge in [0.05, 0.1) is 12.1 Å². The standard InChI is InChI=1S/C15H23N3O/c1-10-5-3-6-12(9-10)14(11(2)16)18-8-4-7-13(18)15(17)19/h3,5-6,9,11,13-14H,4,7-8,16H2,1-2H3,(H2,17,19). The van der Waals surface area contributed by atoms with Gasteiger partial charge >= 0.3 is 0 Å². The van der Waals surface area contributed by atoms with Gasteiger partial charge in [-0.05, 0) is 38.8 Å². The van der Waals surface area contributed by atoms with Crippen LogP contribution in [-0.4, -0.2) is 29.4 Å². The first-order valence-corrected chi connectivity index (χ1v) is 6.88. The van der Waals surface area contributed by atoms with E-state index in [2.05, 4.69) is 30.0 Å². The number of benzene rings is 1. The molecule has 1 aromatic carbocycles. The molecule has 19 heavy (non-hydrogen) atoms. The van der Waals surface area contributed by atoms with Gasteiger partial charge in [0.1, 0.15) is 0 Å². The third-order valence-electron chi connectivity index (χ3n) is 3.86. The van der Waals surface area contributed by atoms with Gasteiger partial charge in [-0.15, -0.1) is 0 Å². The molecule has 0 spiro atoms. The van der Waals surface area contributed by atoms with Gasteiger partial charge < -0.3 is 11.5 Å². The fourth-order valence-electron chi connectivity index (χ4n) is 3.08.